The van der Waals surface area contributed by atoms with Gasteiger partial charge in [-0.15, -0.1) is 0 Å². The Bertz CT molecular complexity index is 2520. The Morgan fingerprint density at radius 2 is 0.500 bits per heavy atom. The Kier molecular flexibility index (Phi) is 13.3. The molecular formula is C32H14F26O6S2. The first-order valence-corrected chi connectivity index (χ1v) is 18.8. The van der Waals surface area contributed by atoms with Crippen molar-refractivity contribution in [3.63, 3.8) is 0 Å². The normalized spacial score (nSPS) is 15.2. The maximum Gasteiger partial charge on any atom is 0.460 e. The third-order valence-electron chi connectivity index (χ3n) is 8.70. The summed E-state index contributed by atoms with van der Waals surface area (Å²) < 4.78 is 391. The van der Waals surface area contributed by atoms with E-state index in [0.29, 0.717) is 12.1 Å². The van der Waals surface area contributed by atoms with Gasteiger partial charge in [0.1, 0.15) is 11.5 Å². The summed E-state index contributed by atoms with van der Waals surface area (Å²) in [5.74, 6) is -65.6. The molecule has 0 bridgehead atoms. The van der Waals surface area contributed by atoms with Crippen LogP contribution in [0.5, 0.6) is 11.5 Å². The predicted molar refractivity (Wildman–Crippen MR) is 167 cm³/mol. The number of sulfone groups is 2. The van der Waals surface area contributed by atoms with Crippen molar-refractivity contribution in [2.75, 3.05) is 0 Å². The lowest BCUT2D eigenvalue weighted by atomic mass is 9.98. The van der Waals surface area contributed by atoms with Gasteiger partial charge in [-0.25, -0.2) is 16.8 Å². The number of rotatable bonds is 12. The van der Waals surface area contributed by atoms with Crippen LogP contribution >= 0.6 is 0 Å². The Balaban J connectivity index is 0.000000350. The van der Waals surface area contributed by atoms with E-state index in [1.165, 1.54) is 0 Å². The van der Waals surface area contributed by atoms with Crippen molar-refractivity contribution in [1.82, 2.24) is 0 Å². The van der Waals surface area contributed by atoms with Crippen molar-refractivity contribution in [3.05, 3.63) is 72.8 Å². The molecule has 2 N–H and O–H groups in total. The van der Waals surface area contributed by atoms with E-state index in [1.54, 1.807) is 0 Å². The van der Waals surface area contributed by atoms with Gasteiger partial charge in [0.25, 0.3) is 0 Å². The van der Waals surface area contributed by atoms with Gasteiger partial charge in [-0.05, 0) is 70.1 Å². The molecule has 372 valence electrons. The molecule has 4 aromatic carbocycles. The minimum absolute atomic E-state index is 0.0989. The molecule has 0 fully saturated rings. The Hall–Kier alpha value is -4.92. The maximum absolute atomic E-state index is 14.1. The SMILES string of the molecule is O=S(=O)(c1ccc2cc(O)ccc2c1)C(F)(F)C(F)(F)C(F)(F)C(F)(F)C(F)(F)C(F)(F)F.O=S(=O)(c1ccc2cc(O)ccc2c1)C(F)(F)C(F)(F)C(F)(F)C(F)(F)C(F)(F)C(F)(F)F. The molecule has 6 nitrogen and oxygen atoms in total. The van der Waals surface area contributed by atoms with Gasteiger partial charge in [0.05, 0.1) is 9.79 Å². The monoisotopic (exact) mass is 1050 g/mol. The quantitative estimate of drug-likeness (QED) is 0.137. The fourth-order valence-corrected chi connectivity index (χ4v) is 7.48. The number of halogens is 26. The molecule has 0 saturated heterocycles. The minimum atomic E-state index is -8.22. The molecule has 4 aromatic rings. The summed E-state index contributed by atoms with van der Waals surface area (Å²) in [6.07, 6.45) is -15.2. The van der Waals surface area contributed by atoms with E-state index in [9.17, 15) is 141 Å². The minimum Gasteiger partial charge on any atom is -0.508 e. The summed E-state index contributed by atoms with van der Waals surface area (Å²) in [6.45, 7) is 0. The number of fused-ring (bicyclic) bond motifs is 2. The lowest BCUT2D eigenvalue weighted by molar-refractivity contribution is -0.433. The number of aromatic hydroxyl groups is 2. The van der Waals surface area contributed by atoms with Crippen molar-refractivity contribution >= 4 is 41.2 Å². The van der Waals surface area contributed by atoms with Gasteiger partial charge in [0, 0.05) is 0 Å². The van der Waals surface area contributed by atoms with Crippen molar-refractivity contribution < 1.29 is 141 Å². The highest BCUT2D eigenvalue weighted by Gasteiger charge is 2.94. The van der Waals surface area contributed by atoms with Crippen molar-refractivity contribution in [1.29, 1.82) is 0 Å². The Morgan fingerprint density at radius 1 is 0.288 bits per heavy atom. The van der Waals surface area contributed by atoms with Crippen LogP contribution in [0.1, 0.15) is 0 Å². The van der Waals surface area contributed by atoms with Crippen LogP contribution in [0, 0.1) is 0 Å². The first-order chi connectivity index (χ1) is 28.9. The molecule has 66 heavy (non-hydrogen) atoms. The molecule has 0 heterocycles. The van der Waals surface area contributed by atoms with Gasteiger partial charge in [-0.1, -0.05) is 24.3 Å². The number of phenolic OH excluding ortho intramolecular Hbond substituents is 2. The lowest BCUT2D eigenvalue weighted by Gasteiger charge is -2.39. The van der Waals surface area contributed by atoms with Crippen LogP contribution < -0.4 is 0 Å². The van der Waals surface area contributed by atoms with Gasteiger partial charge in [-0.3, -0.25) is 0 Å². The molecule has 0 spiro atoms. The van der Waals surface area contributed by atoms with Gasteiger partial charge < -0.3 is 10.2 Å². The first-order valence-electron chi connectivity index (χ1n) is 15.8. The standard InChI is InChI=1S/2C16H7F13O3S/c2*17-11(18,13(21,22)15(25,26)27)12(19,20)14(23,24)16(28,29)33(31,32)10-4-2-7-5-9(30)3-1-8(7)6-10/h2*1-6,30H. The molecule has 0 aliphatic carbocycles. The number of hydrogen-bond donors (Lipinski definition) is 2. The van der Waals surface area contributed by atoms with Crippen LogP contribution in [0.25, 0.3) is 21.5 Å². The van der Waals surface area contributed by atoms with E-state index >= 15 is 0 Å². The second-order valence-corrected chi connectivity index (χ2v) is 17.0. The zero-order chi connectivity index (χ0) is 52.1. The van der Waals surface area contributed by atoms with Crippen LogP contribution in [0.15, 0.2) is 82.6 Å². The number of alkyl halides is 26. The van der Waals surface area contributed by atoms with Crippen molar-refractivity contribution in [2.24, 2.45) is 0 Å². The van der Waals surface area contributed by atoms with E-state index < -0.39 is 111 Å². The molecule has 0 radical (unpaired) electrons. The highest BCUT2D eigenvalue weighted by Crippen LogP contribution is 2.63. The van der Waals surface area contributed by atoms with E-state index in [4.69, 9.17) is 0 Å². The van der Waals surface area contributed by atoms with E-state index in [2.05, 4.69) is 0 Å². The van der Waals surface area contributed by atoms with Crippen LogP contribution in [0.2, 0.25) is 0 Å². The molecular weight excluding hydrogens is 1040 g/mol. The Labute approximate surface area is 346 Å². The summed E-state index contributed by atoms with van der Waals surface area (Å²) in [5.41, 5.74) is 0. The van der Waals surface area contributed by atoms with Crippen LogP contribution in [0.4, 0.5) is 114 Å². The molecule has 0 atom stereocenters. The first kappa shape index (κ1) is 55.4. The smallest absolute Gasteiger partial charge is 0.460 e. The molecule has 0 aromatic heterocycles. The third kappa shape index (κ3) is 7.88. The highest BCUT2D eigenvalue weighted by molar-refractivity contribution is 7.92. The molecule has 34 heteroatoms. The van der Waals surface area contributed by atoms with Gasteiger partial charge in [0.2, 0.25) is 19.7 Å². The maximum atomic E-state index is 14.1. The van der Waals surface area contributed by atoms with E-state index in [1.807, 2.05) is 0 Å². The third-order valence-corrected chi connectivity index (χ3v) is 12.3. The molecule has 0 unspecified atom stereocenters. The fourth-order valence-electron chi connectivity index (χ4n) is 4.90. The van der Waals surface area contributed by atoms with Crippen LogP contribution in [-0.2, 0) is 19.7 Å². The zero-order valence-corrected chi connectivity index (χ0v) is 31.7. The molecule has 4 rings (SSSR count). The van der Waals surface area contributed by atoms with Gasteiger partial charge >= 0.3 is 70.2 Å². The summed E-state index contributed by atoms with van der Waals surface area (Å²) in [6, 6.07) is 6.91. The predicted octanol–water partition coefficient (Wildman–Crippen LogP) is 12.0. The van der Waals surface area contributed by atoms with Crippen LogP contribution in [-0.4, -0.2) is 97.3 Å². The number of phenols is 2. The summed E-state index contributed by atoms with van der Waals surface area (Å²) in [5, 5.41) is 2.92. The molecule has 0 amide bonds. The van der Waals surface area contributed by atoms with E-state index in [0.717, 1.165) is 36.4 Å². The topological polar surface area (TPSA) is 109 Å². The second-order valence-electron chi connectivity index (χ2n) is 13.0. The Morgan fingerprint density at radius 3 is 0.742 bits per heavy atom. The van der Waals surface area contributed by atoms with Crippen LogP contribution in [0.3, 0.4) is 0 Å². The van der Waals surface area contributed by atoms with Gasteiger partial charge in [-0.2, -0.15) is 114 Å². The largest absolute Gasteiger partial charge is 0.508 e. The summed E-state index contributed by atoms with van der Waals surface area (Å²) in [7, 11) is -14.2. The second kappa shape index (κ2) is 15.8. The molecule has 0 aliphatic rings. The zero-order valence-electron chi connectivity index (χ0n) is 30.1. The highest BCUT2D eigenvalue weighted by atomic mass is 32.2. The summed E-state index contributed by atoms with van der Waals surface area (Å²) >= 11 is 0. The number of benzene rings is 4. The molecule has 0 aliphatic heterocycles. The van der Waals surface area contributed by atoms with E-state index in [-0.39, 0.29) is 45.8 Å². The van der Waals surface area contributed by atoms with Crippen molar-refractivity contribution in [2.45, 2.75) is 80.0 Å². The lowest BCUT2D eigenvalue weighted by Crippen LogP contribution is -2.71. The van der Waals surface area contributed by atoms with Crippen molar-refractivity contribution in [3.8, 4) is 11.5 Å². The average Bonchev–Trinajstić information content (AvgIpc) is 3.15. The fraction of sp³-hybridized carbons (Fsp3) is 0.375. The number of hydrogen-bond acceptors (Lipinski definition) is 6. The van der Waals surface area contributed by atoms with Gasteiger partial charge in [0.15, 0.2) is 0 Å². The average molecular weight is 1050 g/mol. The summed E-state index contributed by atoms with van der Waals surface area (Å²) in [4.78, 5) is -3.79. The molecule has 0 saturated carbocycles.